The van der Waals surface area contributed by atoms with Crippen molar-refractivity contribution in [2.45, 2.75) is 39.5 Å². The maximum atomic E-state index is 13.6. The summed E-state index contributed by atoms with van der Waals surface area (Å²) in [5.74, 6) is -0.777. The number of aromatic amines is 1. The summed E-state index contributed by atoms with van der Waals surface area (Å²) in [5.41, 5.74) is 0.340. The number of aromatic nitrogens is 3. The van der Waals surface area contributed by atoms with Crippen LogP contribution in [0.25, 0.3) is 0 Å². The van der Waals surface area contributed by atoms with Gasteiger partial charge in [0.05, 0.1) is 36.5 Å². The zero-order chi connectivity index (χ0) is 30.6. The highest BCUT2D eigenvalue weighted by Gasteiger charge is 2.41. The molecule has 222 valence electrons. The van der Waals surface area contributed by atoms with E-state index >= 15 is 0 Å². The molecule has 10 nitrogen and oxygen atoms in total. The van der Waals surface area contributed by atoms with Gasteiger partial charge in [0.25, 0.3) is 0 Å². The Labute approximate surface area is 240 Å². The molecule has 1 N–H and O–H groups in total. The lowest BCUT2D eigenvalue weighted by Crippen LogP contribution is -2.38. The Morgan fingerprint density at radius 2 is 1.98 bits per heavy atom. The number of allylic oxidation sites excluding steroid dienone is 1. The van der Waals surface area contributed by atoms with Crippen molar-refractivity contribution in [1.29, 1.82) is 5.26 Å². The largest absolute Gasteiger partial charge is 0.466 e. The average molecular weight is 585 g/mol. The van der Waals surface area contributed by atoms with E-state index in [-0.39, 0.29) is 22.9 Å². The molecule has 0 aliphatic carbocycles. The van der Waals surface area contributed by atoms with Gasteiger partial charge in [0.1, 0.15) is 6.04 Å². The van der Waals surface area contributed by atoms with E-state index < -0.39 is 29.4 Å². The van der Waals surface area contributed by atoms with E-state index in [0.29, 0.717) is 49.5 Å². The normalized spacial score (nSPS) is 15.1. The predicted molar refractivity (Wildman–Crippen MR) is 148 cm³/mol. The number of carbonyl (C=O) groups is 1. The van der Waals surface area contributed by atoms with Gasteiger partial charge in [-0.1, -0.05) is 19.1 Å². The van der Waals surface area contributed by atoms with E-state index in [9.17, 15) is 28.0 Å². The van der Waals surface area contributed by atoms with Crippen molar-refractivity contribution >= 4 is 17.6 Å². The number of nitriles is 1. The summed E-state index contributed by atoms with van der Waals surface area (Å²) in [7, 11) is 1.19. The third-order valence-electron chi connectivity index (χ3n) is 7.14. The molecule has 0 saturated heterocycles. The monoisotopic (exact) mass is 584 g/mol. The van der Waals surface area contributed by atoms with Crippen molar-refractivity contribution in [1.82, 2.24) is 19.7 Å². The van der Waals surface area contributed by atoms with Crippen LogP contribution < -0.4 is 10.6 Å². The summed E-state index contributed by atoms with van der Waals surface area (Å²) in [6.07, 6.45) is -4.62. The van der Waals surface area contributed by atoms with Gasteiger partial charge in [0, 0.05) is 31.1 Å². The number of likely N-dealkylation sites (N-methyl/N-ethyl adjacent to an activating group) is 1. The van der Waals surface area contributed by atoms with Gasteiger partial charge in [-0.25, -0.2) is 19.3 Å². The standard InChI is InChI=1S/C29H31F3N6O4/c1-5-36(12-13-42-6-2)17-20-14-19(16-33)10-11-23(20)25-24(26(39)41-4)18(3)37(27-34-35-28(40)38(25)27)22-9-7-8-21(15-22)29(30,31)32/h7-11,14-15,25H,5-6,12-13,17H2,1-4H3,(H,35,40)/t25-/m1/s1. The van der Waals surface area contributed by atoms with Crippen molar-refractivity contribution in [2.75, 3.05) is 38.3 Å². The molecule has 1 aromatic heterocycles. The van der Waals surface area contributed by atoms with E-state index in [1.807, 2.05) is 13.8 Å². The Kier molecular flexibility index (Phi) is 9.18. The third kappa shape index (κ3) is 5.95. The molecule has 3 aromatic rings. The van der Waals surface area contributed by atoms with Gasteiger partial charge in [-0.05, 0) is 61.9 Å². The second kappa shape index (κ2) is 12.6. The first-order valence-corrected chi connectivity index (χ1v) is 13.3. The number of nitrogens with zero attached hydrogens (tertiary/aromatic N) is 5. The summed E-state index contributed by atoms with van der Waals surface area (Å²) in [4.78, 5) is 30.1. The van der Waals surface area contributed by atoms with Crippen LogP contribution >= 0.6 is 0 Å². The molecule has 13 heteroatoms. The number of carbonyl (C=O) groups excluding carboxylic acids is 1. The molecule has 1 aliphatic rings. The quantitative estimate of drug-likeness (QED) is 0.273. The number of alkyl halides is 3. The van der Waals surface area contributed by atoms with Crippen LogP contribution in [0.5, 0.6) is 0 Å². The van der Waals surface area contributed by atoms with Gasteiger partial charge in [-0.3, -0.25) is 9.80 Å². The Morgan fingerprint density at radius 1 is 1.21 bits per heavy atom. The molecule has 2 heterocycles. The van der Waals surface area contributed by atoms with E-state index in [0.717, 1.165) is 12.1 Å². The molecule has 4 rings (SSSR count). The van der Waals surface area contributed by atoms with E-state index in [1.165, 1.54) is 28.7 Å². The molecule has 0 radical (unpaired) electrons. The summed E-state index contributed by atoms with van der Waals surface area (Å²) in [6.45, 7) is 8.14. The maximum Gasteiger partial charge on any atom is 0.416 e. The first-order valence-electron chi connectivity index (χ1n) is 13.3. The fraction of sp³-hybridized carbons (Fsp3) is 0.379. The number of benzene rings is 2. The lowest BCUT2D eigenvalue weighted by Gasteiger charge is -2.36. The molecular weight excluding hydrogens is 553 g/mol. The van der Waals surface area contributed by atoms with Crippen LogP contribution in [0.2, 0.25) is 0 Å². The molecule has 1 aliphatic heterocycles. The number of esters is 1. The Hall–Kier alpha value is -4.41. The summed E-state index contributed by atoms with van der Waals surface area (Å²) < 4.78 is 52.7. The highest BCUT2D eigenvalue weighted by molar-refractivity contribution is 5.93. The van der Waals surface area contributed by atoms with Crippen LogP contribution in [0.3, 0.4) is 0 Å². The molecule has 0 fully saturated rings. The maximum absolute atomic E-state index is 13.6. The van der Waals surface area contributed by atoms with Gasteiger partial charge < -0.3 is 9.47 Å². The Morgan fingerprint density at radius 3 is 2.62 bits per heavy atom. The average Bonchev–Trinajstić information content (AvgIpc) is 3.35. The van der Waals surface area contributed by atoms with Gasteiger partial charge >= 0.3 is 17.8 Å². The Balaban J connectivity index is 1.94. The molecule has 0 unspecified atom stereocenters. The van der Waals surface area contributed by atoms with E-state index in [1.54, 1.807) is 25.1 Å². The van der Waals surface area contributed by atoms with Gasteiger partial charge in [0.2, 0.25) is 5.95 Å². The first kappa shape index (κ1) is 30.5. The summed E-state index contributed by atoms with van der Waals surface area (Å²) >= 11 is 0. The van der Waals surface area contributed by atoms with Gasteiger partial charge in [0.15, 0.2) is 0 Å². The van der Waals surface area contributed by atoms with Crippen LogP contribution in [-0.4, -0.2) is 59.0 Å². The fourth-order valence-electron chi connectivity index (χ4n) is 5.09. The minimum Gasteiger partial charge on any atom is -0.466 e. The van der Waals surface area contributed by atoms with Crippen molar-refractivity contribution in [3.8, 4) is 6.07 Å². The zero-order valence-corrected chi connectivity index (χ0v) is 23.7. The van der Waals surface area contributed by atoms with Crippen LogP contribution in [-0.2, 0) is 27.0 Å². The molecular formula is C29H31F3N6O4. The van der Waals surface area contributed by atoms with Crippen molar-refractivity contribution < 1.29 is 27.4 Å². The van der Waals surface area contributed by atoms with Gasteiger partial charge in [-0.2, -0.15) is 18.4 Å². The lowest BCUT2D eigenvalue weighted by molar-refractivity contribution is -0.138. The van der Waals surface area contributed by atoms with Crippen molar-refractivity contribution in [3.63, 3.8) is 0 Å². The number of methoxy groups -OCH3 is 1. The number of rotatable bonds is 10. The topological polar surface area (TPSA) is 116 Å². The molecule has 2 aromatic carbocycles. The third-order valence-corrected chi connectivity index (χ3v) is 7.14. The van der Waals surface area contributed by atoms with Gasteiger partial charge in [-0.15, -0.1) is 5.10 Å². The second-order valence-electron chi connectivity index (χ2n) is 9.57. The minimum absolute atomic E-state index is 0.00604. The molecule has 0 bridgehead atoms. The second-order valence-corrected chi connectivity index (χ2v) is 9.57. The zero-order valence-electron chi connectivity index (χ0n) is 23.7. The number of hydrogen-bond donors (Lipinski definition) is 1. The fourth-order valence-corrected chi connectivity index (χ4v) is 5.09. The van der Waals surface area contributed by atoms with E-state index in [4.69, 9.17) is 9.47 Å². The lowest BCUT2D eigenvalue weighted by atomic mass is 9.89. The summed E-state index contributed by atoms with van der Waals surface area (Å²) in [6, 6.07) is 10.6. The number of ether oxygens (including phenoxy) is 2. The van der Waals surface area contributed by atoms with Crippen molar-refractivity contribution in [3.05, 3.63) is 86.5 Å². The number of fused-ring (bicyclic) bond motifs is 1. The first-order chi connectivity index (χ1) is 20.0. The number of anilines is 2. The van der Waals surface area contributed by atoms with E-state index in [2.05, 4.69) is 21.2 Å². The highest BCUT2D eigenvalue weighted by atomic mass is 19.4. The smallest absolute Gasteiger partial charge is 0.416 e. The van der Waals surface area contributed by atoms with Crippen LogP contribution in [0.4, 0.5) is 24.8 Å². The summed E-state index contributed by atoms with van der Waals surface area (Å²) in [5, 5.41) is 16.2. The number of nitrogens with one attached hydrogen (secondary N) is 1. The predicted octanol–water partition coefficient (Wildman–Crippen LogP) is 4.51. The van der Waals surface area contributed by atoms with Crippen LogP contribution in [0.1, 0.15) is 49.1 Å². The molecule has 42 heavy (non-hydrogen) atoms. The molecule has 0 saturated carbocycles. The molecule has 0 spiro atoms. The van der Waals surface area contributed by atoms with Crippen LogP contribution in [0, 0.1) is 11.3 Å². The number of hydrogen-bond acceptors (Lipinski definition) is 8. The SMILES string of the molecule is CCOCCN(CC)Cc1cc(C#N)ccc1[C@@H]1C(C(=O)OC)=C(C)N(c2cccc(C(F)(F)F)c2)c2n[nH]c(=O)n21. The number of H-pyrrole nitrogens is 1. The molecule has 0 amide bonds. The van der Waals surface area contributed by atoms with Crippen molar-refractivity contribution in [2.24, 2.45) is 0 Å². The highest BCUT2D eigenvalue weighted by Crippen LogP contribution is 2.43. The molecule has 1 atom stereocenters. The van der Waals surface area contributed by atoms with Crippen LogP contribution in [0.15, 0.2) is 58.5 Å². The number of halogens is 3. The minimum atomic E-state index is -4.62. The Bertz CT molecular complexity index is 1590.